The van der Waals surface area contributed by atoms with E-state index in [4.69, 9.17) is 5.26 Å². The molecular formula is C11H8FNO. The van der Waals surface area contributed by atoms with Crippen molar-refractivity contribution in [2.24, 2.45) is 0 Å². The molecule has 3 heteroatoms. The van der Waals surface area contributed by atoms with Gasteiger partial charge in [-0.15, -0.1) is 0 Å². The molecule has 1 aromatic rings. The van der Waals surface area contributed by atoms with Crippen LogP contribution in [0.4, 0.5) is 4.39 Å². The lowest BCUT2D eigenvalue weighted by molar-refractivity contribution is -0.114. The average molecular weight is 189 g/mol. The summed E-state index contributed by atoms with van der Waals surface area (Å²) in [4.78, 5) is 10.6. The maximum absolute atomic E-state index is 12.8. The molecule has 1 rings (SSSR count). The molecule has 0 heterocycles. The second kappa shape index (κ2) is 4.33. The average Bonchev–Trinajstić information content (AvgIpc) is 2.19. The Morgan fingerprint density at radius 3 is 2.43 bits per heavy atom. The molecule has 2 nitrogen and oxygen atoms in total. The van der Waals surface area contributed by atoms with E-state index < -0.39 is 11.6 Å². The third-order valence-corrected chi connectivity index (χ3v) is 1.67. The summed E-state index contributed by atoms with van der Waals surface area (Å²) < 4.78 is 12.8. The molecule has 0 atom stereocenters. The standard InChI is InChI=1S/C11H8FNO/c1-8(14)11(12)6-9-2-4-10(7-13)5-3-9/h2-6H,1H3/b11-6-. The number of rotatable bonds is 2. The molecule has 0 radical (unpaired) electrons. The molecule has 0 unspecified atom stereocenters. The van der Waals surface area contributed by atoms with Gasteiger partial charge < -0.3 is 0 Å². The van der Waals surface area contributed by atoms with Gasteiger partial charge in [0, 0.05) is 6.92 Å². The molecule has 0 amide bonds. The minimum Gasteiger partial charge on any atom is -0.292 e. The van der Waals surface area contributed by atoms with E-state index in [1.807, 2.05) is 6.07 Å². The van der Waals surface area contributed by atoms with Crippen LogP contribution < -0.4 is 0 Å². The monoisotopic (exact) mass is 189 g/mol. The molecule has 0 bridgehead atoms. The van der Waals surface area contributed by atoms with Crippen molar-refractivity contribution in [3.63, 3.8) is 0 Å². The van der Waals surface area contributed by atoms with Crippen LogP contribution in [0.25, 0.3) is 6.08 Å². The molecule has 0 saturated carbocycles. The summed E-state index contributed by atoms with van der Waals surface area (Å²) in [7, 11) is 0. The second-order valence-electron chi connectivity index (χ2n) is 2.78. The number of allylic oxidation sites excluding steroid dienone is 1. The third kappa shape index (κ3) is 2.53. The first-order chi connectivity index (χ1) is 6.63. The lowest BCUT2D eigenvalue weighted by Crippen LogP contribution is -1.89. The van der Waals surface area contributed by atoms with Crippen LogP contribution in [0.1, 0.15) is 18.1 Å². The van der Waals surface area contributed by atoms with Crippen molar-refractivity contribution in [2.45, 2.75) is 6.92 Å². The number of carbonyl (C=O) groups is 1. The van der Waals surface area contributed by atoms with Crippen LogP contribution in [0, 0.1) is 11.3 Å². The van der Waals surface area contributed by atoms with Crippen LogP contribution in [-0.2, 0) is 4.79 Å². The van der Waals surface area contributed by atoms with E-state index in [0.717, 1.165) is 13.0 Å². The Hall–Kier alpha value is -1.95. The van der Waals surface area contributed by atoms with Crippen LogP contribution in [0.2, 0.25) is 0 Å². The number of hydrogen-bond acceptors (Lipinski definition) is 2. The van der Waals surface area contributed by atoms with E-state index in [2.05, 4.69) is 0 Å². The van der Waals surface area contributed by atoms with E-state index >= 15 is 0 Å². The maximum Gasteiger partial charge on any atom is 0.188 e. The maximum atomic E-state index is 12.8. The number of nitrogens with zero attached hydrogens (tertiary/aromatic N) is 1. The SMILES string of the molecule is CC(=O)/C(F)=C/c1ccc(C#N)cc1. The normalized spacial score (nSPS) is 10.8. The minimum atomic E-state index is -0.783. The zero-order valence-electron chi connectivity index (χ0n) is 7.62. The van der Waals surface area contributed by atoms with Crippen molar-refractivity contribution >= 4 is 11.9 Å². The van der Waals surface area contributed by atoms with Gasteiger partial charge in [-0.1, -0.05) is 12.1 Å². The summed E-state index contributed by atoms with van der Waals surface area (Å²) in [6.45, 7) is 1.16. The van der Waals surface area contributed by atoms with Gasteiger partial charge >= 0.3 is 0 Å². The lowest BCUT2D eigenvalue weighted by atomic mass is 10.1. The van der Waals surface area contributed by atoms with Crippen molar-refractivity contribution in [3.05, 3.63) is 41.2 Å². The minimum absolute atomic E-state index is 0.505. The zero-order chi connectivity index (χ0) is 10.6. The van der Waals surface area contributed by atoms with Crippen molar-refractivity contribution in [2.75, 3.05) is 0 Å². The first-order valence-corrected chi connectivity index (χ1v) is 4.02. The van der Waals surface area contributed by atoms with Gasteiger partial charge in [0.05, 0.1) is 11.6 Å². The van der Waals surface area contributed by atoms with Crippen molar-refractivity contribution < 1.29 is 9.18 Å². The predicted molar refractivity (Wildman–Crippen MR) is 50.9 cm³/mol. The molecule has 0 fully saturated rings. The first kappa shape index (κ1) is 10.1. The Morgan fingerprint density at radius 1 is 1.43 bits per heavy atom. The molecule has 0 aromatic heterocycles. The van der Waals surface area contributed by atoms with Gasteiger partial charge in [-0.3, -0.25) is 4.79 Å². The number of nitriles is 1. The summed E-state index contributed by atoms with van der Waals surface area (Å²) in [5, 5.41) is 8.50. The highest BCUT2D eigenvalue weighted by atomic mass is 19.1. The van der Waals surface area contributed by atoms with Crippen LogP contribution in [0.5, 0.6) is 0 Å². The second-order valence-corrected chi connectivity index (χ2v) is 2.78. The fourth-order valence-corrected chi connectivity index (χ4v) is 0.902. The number of halogens is 1. The first-order valence-electron chi connectivity index (χ1n) is 4.02. The summed E-state index contributed by atoms with van der Waals surface area (Å²) in [6, 6.07) is 8.26. The van der Waals surface area contributed by atoms with Gasteiger partial charge in [-0.25, -0.2) is 4.39 Å². The van der Waals surface area contributed by atoms with E-state index in [-0.39, 0.29) is 0 Å². The predicted octanol–water partition coefficient (Wildman–Crippen LogP) is 2.46. The Balaban J connectivity index is 2.95. The highest BCUT2D eigenvalue weighted by molar-refractivity contribution is 5.95. The molecule has 70 valence electrons. The van der Waals surface area contributed by atoms with Crippen LogP contribution in [0.3, 0.4) is 0 Å². The van der Waals surface area contributed by atoms with Gasteiger partial charge in [0.1, 0.15) is 0 Å². The van der Waals surface area contributed by atoms with E-state index in [1.165, 1.54) is 0 Å². The molecule has 14 heavy (non-hydrogen) atoms. The van der Waals surface area contributed by atoms with Crippen molar-refractivity contribution in [3.8, 4) is 6.07 Å². The van der Waals surface area contributed by atoms with Gasteiger partial charge in [0.15, 0.2) is 11.6 Å². The summed E-state index contributed by atoms with van der Waals surface area (Å²) in [5.41, 5.74) is 1.07. The van der Waals surface area contributed by atoms with E-state index in [9.17, 15) is 9.18 Å². The van der Waals surface area contributed by atoms with Gasteiger partial charge in [0.2, 0.25) is 0 Å². The van der Waals surface area contributed by atoms with Crippen LogP contribution >= 0.6 is 0 Å². The fraction of sp³-hybridized carbons (Fsp3) is 0.0909. The molecular weight excluding hydrogens is 181 g/mol. The Kier molecular flexibility index (Phi) is 3.14. The van der Waals surface area contributed by atoms with Crippen LogP contribution in [0.15, 0.2) is 30.1 Å². The number of ketones is 1. The van der Waals surface area contributed by atoms with E-state index in [1.54, 1.807) is 24.3 Å². The summed E-state index contributed by atoms with van der Waals surface area (Å²) >= 11 is 0. The number of carbonyl (C=O) groups excluding carboxylic acids is 1. The Bertz CT molecular complexity index is 412. The fourth-order valence-electron chi connectivity index (χ4n) is 0.902. The number of benzene rings is 1. The smallest absolute Gasteiger partial charge is 0.188 e. The lowest BCUT2D eigenvalue weighted by Gasteiger charge is -1.93. The van der Waals surface area contributed by atoms with Gasteiger partial charge in [-0.2, -0.15) is 5.26 Å². The molecule has 0 aliphatic rings. The molecule has 0 spiro atoms. The molecule has 0 aliphatic carbocycles. The number of hydrogen-bond donors (Lipinski definition) is 0. The van der Waals surface area contributed by atoms with Crippen molar-refractivity contribution in [1.82, 2.24) is 0 Å². The topological polar surface area (TPSA) is 40.9 Å². The highest BCUT2D eigenvalue weighted by Crippen LogP contribution is 2.09. The molecule has 0 saturated heterocycles. The molecule has 0 N–H and O–H groups in total. The molecule has 1 aromatic carbocycles. The van der Waals surface area contributed by atoms with Crippen molar-refractivity contribution in [1.29, 1.82) is 5.26 Å². The third-order valence-electron chi connectivity index (χ3n) is 1.67. The summed E-state index contributed by atoms with van der Waals surface area (Å²) in [6.07, 6.45) is 1.14. The quantitative estimate of drug-likeness (QED) is 0.670. The highest BCUT2D eigenvalue weighted by Gasteiger charge is 2.00. The number of Topliss-reactive ketones (excluding diaryl/α,β-unsaturated/α-hetero) is 1. The molecule has 0 aliphatic heterocycles. The van der Waals surface area contributed by atoms with Gasteiger partial charge in [0.25, 0.3) is 0 Å². The Labute approximate surface area is 81.3 Å². The van der Waals surface area contributed by atoms with Gasteiger partial charge in [-0.05, 0) is 23.8 Å². The van der Waals surface area contributed by atoms with E-state index in [0.29, 0.717) is 11.1 Å². The summed E-state index contributed by atoms with van der Waals surface area (Å²) in [5.74, 6) is -1.39. The largest absolute Gasteiger partial charge is 0.292 e. The Morgan fingerprint density at radius 2 is 2.00 bits per heavy atom. The zero-order valence-corrected chi connectivity index (χ0v) is 7.62. The van der Waals surface area contributed by atoms with Crippen LogP contribution in [-0.4, -0.2) is 5.78 Å².